The zero-order valence-corrected chi connectivity index (χ0v) is 17.4. The number of carbonyl (C=O) groups is 2. The number of fused-ring (bicyclic) bond motifs is 1. The molecule has 0 saturated heterocycles. The van der Waals surface area contributed by atoms with Gasteiger partial charge < -0.3 is 14.6 Å². The van der Waals surface area contributed by atoms with Crippen molar-refractivity contribution in [2.45, 2.75) is 32.9 Å². The van der Waals surface area contributed by atoms with E-state index >= 15 is 0 Å². The van der Waals surface area contributed by atoms with Gasteiger partial charge in [0.1, 0.15) is 12.4 Å². The molecule has 3 aromatic rings. The summed E-state index contributed by atoms with van der Waals surface area (Å²) in [6.45, 7) is 4.15. The van der Waals surface area contributed by atoms with Crippen LogP contribution >= 0.6 is 15.9 Å². The van der Waals surface area contributed by atoms with Gasteiger partial charge in [0.25, 0.3) is 5.91 Å². The van der Waals surface area contributed by atoms with Crippen molar-refractivity contribution in [3.05, 3.63) is 64.4 Å². The smallest absolute Gasteiger partial charge is 0.326 e. The number of hydrogen-bond donors (Lipinski definition) is 1. The Bertz CT molecular complexity index is 980. The molecular weight excluding hydrogens is 422 g/mol. The maximum atomic E-state index is 12.3. The minimum atomic E-state index is -0.307. The van der Waals surface area contributed by atoms with Crippen molar-refractivity contribution in [1.82, 2.24) is 14.9 Å². The number of hydrogen-bond acceptors (Lipinski definition) is 4. The Morgan fingerprint density at radius 3 is 2.57 bits per heavy atom. The van der Waals surface area contributed by atoms with Gasteiger partial charge in [-0.25, -0.2) is 4.98 Å². The number of nitrogens with zero attached hydrogens (tertiary/aromatic N) is 2. The molecule has 0 aliphatic rings. The Morgan fingerprint density at radius 1 is 1.14 bits per heavy atom. The highest BCUT2D eigenvalue weighted by Gasteiger charge is 2.15. The highest BCUT2D eigenvalue weighted by molar-refractivity contribution is 9.10. The fraction of sp³-hybridized carbons (Fsp3) is 0.286. The number of halogens is 1. The first-order valence-corrected chi connectivity index (χ1v) is 9.90. The van der Waals surface area contributed by atoms with E-state index in [0.29, 0.717) is 18.5 Å². The maximum absolute atomic E-state index is 12.3. The lowest BCUT2D eigenvalue weighted by atomic mass is 10.2. The van der Waals surface area contributed by atoms with Crippen molar-refractivity contribution in [3.63, 3.8) is 0 Å². The molecule has 1 heterocycles. The van der Waals surface area contributed by atoms with Gasteiger partial charge in [0.15, 0.2) is 0 Å². The third kappa shape index (κ3) is 4.98. The number of nitrogens with one attached hydrogen (secondary N) is 1. The second kappa shape index (κ2) is 9.01. The van der Waals surface area contributed by atoms with Gasteiger partial charge in [-0.1, -0.05) is 28.1 Å². The van der Waals surface area contributed by atoms with E-state index < -0.39 is 0 Å². The second-order valence-corrected chi connectivity index (χ2v) is 7.57. The molecule has 0 aliphatic carbocycles. The number of benzene rings is 2. The van der Waals surface area contributed by atoms with Crippen LogP contribution in [0.25, 0.3) is 11.0 Å². The standard InChI is InChI=1S/C21H22BrN3O3/c1-14(2)28-20(26)13-25-18-6-4-3-5-17(18)24-19(25)11-12-23-21(27)15-7-9-16(22)10-8-15/h3-10,14H,11-13H2,1-2H3,(H,23,27). The molecule has 0 radical (unpaired) electrons. The molecule has 0 saturated carbocycles. The normalized spacial score (nSPS) is 11.0. The van der Waals surface area contributed by atoms with Crippen LogP contribution in [0.1, 0.15) is 30.0 Å². The minimum absolute atomic E-state index is 0.0919. The molecule has 3 rings (SSSR count). The van der Waals surface area contributed by atoms with Gasteiger partial charge in [-0.3, -0.25) is 9.59 Å². The average molecular weight is 444 g/mol. The molecule has 1 aromatic heterocycles. The van der Waals surface area contributed by atoms with E-state index in [1.165, 1.54) is 0 Å². The van der Waals surface area contributed by atoms with Crippen molar-refractivity contribution in [2.75, 3.05) is 6.54 Å². The molecular formula is C21H22BrN3O3. The van der Waals surface area contributed by atoms with Crippen LogP contribution in [-0.2, 0) is 22.5 Å². The van der Waals surface area contributed by atoms with E-state index in [1.54, 1.807) is 12.1 Å². The predicted octanol–water partition coefficient (Wildman–Crippen LogP) is 3.72. The lowest BCUT2D eigenvalue weighted by molar-refractivity contribution is -0.148. The van der Waals surface area contributed by atoms with Gasteiger partial charge >= 0.3 is 5.97 Å². The van der Waals surface area contributed by atoms with Crippen LogP contribution < -0.4 is 5.32 Å². The average Bonchev–Trinajstić information content (AvgIpc) is 2.99. The topological polar surface area (TPSA) is 73.2 Å². The molecule has 0 atom stereocenters. The van der Waals surface area contributed by atoms with Crippen LogP contribution in [0, 0.1) is 0 Å². The van der Waals surface area contributed by atoms with Crippen molar-refractivity contribution >= 4 is 38.8 Å². The van der Waals surface area contributed by atoms with E-state index in [4.69, 9.17) is 4.74 Å². The van der Waals surface area contributed by atoms with Gasteiger partial charge in [-0.05, 0) is 50.2 Å². The largest absolute Gasteiger partial charge is 0.462 e. The highest BCUT2D eigenvalue weighted by atomic mass is 79.9. The van der Waals surface area contributed by atoms with Crippen LogP contribution in [0.4, 0.5) is 0 Å². The number of esters is 1. The Labute approximate surface area is 172 Å². The summed E-state index contributed by atoms with van der Waals surface area (Å²) in [5.74, 6) is 0.283. The zero-order chi connectivity index (χ0) is 20.1. The molecule has 7 heteroatoms. The van der Waals surface area contributed by atoms with Crippen molar-refractivity contribution < 1.29 is 14.3 Å². The molecule has 0 unspecified atom stereocenters. The number of rotatable bonds is 7. The molecule has 0 aliphatic heterocycles. The molecule has 1 amide bonds. The summed E-state index contributed by atoms with van der Waals surface area (Å²) >= 11 is 3.36. The van der Waals surface area contributed by atoms with E-state index in [-0.39, 0.29) is 24.5 Å². The summed E-state index contributed by atoms with van der Waals surface area (Å²) in [5, 5.41) is 2.90. The lowest BCUT2D eigenvalue weighted by Gasteiger charge is -2.12. The molecule has 1 N–H and O–H groups in total. The number of imidazole rings is 1. The molecule has 0 spiro atoms. The molecule has 28 heavy (non-hydrogen) atoms. The first kappa shape index (κ1) is 20.1. The SMILES string of the molecule is CC(C)OC(=O)Cn1c(CCNC(=O)c2ccc(Br)cc2)nc2ccccc21. The molecule has 0 fully saturated rings. The predicted molar refractivity (Wildman–Crippen MR) is 111 cm³/mol. The van der Waals surface area contributed by atoms with Crippen LogP contribution in [0.5, 0.6) is 0 Å². The monoisotopic (exact) mass is 443 g/mol. The van der Waals surface area contributed by atoms with Crippen LogP contribution in [0.3, 0.4) is 0 Å². The third-order valence-electron chi connectivity index (χ3n) is 4.13. The van der Waals surface area contributed by atoms with E-state index in [1.807, 2.05) is 54.8 Å². The number of ether oxygens (including phenoxy) is 1. The number of aromatic nitrogens is 2. The van der Waals surface area contributed by atoms with Crippen LogP contribution in [0.15, 0.2) is 53.0 Å². The minimum Gasteiger partial charge on any atom is -0.462 e. The molecule has 2 aromatic carbocycles. The van der Waals surface area contributed by atoms with Crippen LogP contribution in [-0.4, -0.2) is 34.1 Å². The first-order chi connectivity index (χ1) is 13.4. The quantitative estimate of drug-likeness (QED) is 0.564. The van der Waals surface area contributed by atoms with Crippen molar-refractivity contribution in [1.29, 1.82) is 0 Å². The number of para-hydroxylation sites is 2. The first-order valence-electron chi connectivity index (χ1n) is 9.11. The van der Waals surface area contributed by atoms with Crippen molar-refractivity contribution in [3.8, 4) is 0 Å². The van der Waals surface area contributed by atoms with Gasteiger partial charge in [-0.2, -0.15) is 0 Å². The summed E-state index contributed by atoms with van der Waals surface area (Å²) in [4.78, 5) is 29.1. The fourth-order valence-corrected chi connectivity index (χ4v) is 3.18. The second-order valence-electron chi connectivity index (χ2n) is 6.65. The molecule has 0 bridgehead atoms. The van der Waals surface area contributed by atoms with Gasteiger partial charge in [0, 0.05) is 23.0 Å². The van der Waals surface area contributed by atoms with Gasteiger partial charge in [-0.15, -0.1) is 0 Å². The Hall–Kier alpha value is -2.67. The Balaban J connectivity index is 1.71. The molecule has 146 valence electrons. The summed E-state index contributed by atoms with van der Waals surface area (Å²) in [5.41, 5.74) is 2.28. The van der Waals surface area contributed by atoms with Crippen molar-refractivity contribution in [2.24, 2.45) is 0 Å². The lowest BCUT2D eigenvalue weighted by Crippen LogP contribution is -2.27. The highest BCUT2D eigenvalue weighted by Crippen LogP contribution is 2.17. The summed E-state index contributed by atoms with van der Waals surface area (Å²) in [7, 11) is 0. The summed E-state index contributed by atoms with van der Waals surface area (Å²) in [6, 6.07) is 14.8. The Kier molecular flexibility index (Phi) is 6.46. The number of amides is 1. The van der Waals surface area contributed by atoms with E-state index in [2.05, 4.69) is 26.2 Å². The zero-order valence-electron chi connectivity index (χ0n) is 15.8. The number of carbonyl (C=O) groups excluding carboxylic acids is 2. The van der Waals surface area contributed by atoms with E-state index in [0.717, 1.165) is 21.3 Å². The molecule has 6 nitrogen and oxygen atoms in total. The van der Waals surface area contributed by atoms with Gasteiger partial charge in [0.05, 0.1) is 17.1 Å². The third-order valence-corrected chi connectivity index (χ3v) is 4.66. The van der Waals surface area contributed by atoms with Crippen LogP contribution in [0.2, 0.25) is 0 Å². The maximum Gasteiger partial charge on any atom is 0.326 e. The fourth-order valence-electron chi connectivity index (χ4n) is 2.91. The Morgan fingerprint density at radius 2 is 1.86 bits per heavy atom. The summed E-state index contributed by atoms with van der Waals surface area (Å²) in [6.07, 6.45) is 0.335. The summed E-state index contributed by atoms with van der Waals surface area (Å²) < 4.78 is 8.05. The van der Waals surface area contributed by atoms with E-state index in [9.17, 15) is 9.59 Å². The van der Waals surface area contributed by atoms with Gasteiger partial charge in [0.2, 0.25) is 0 Å².